The van der Waals surface area contributed by atoms with Gasteiger partial charge in [0.15, 0.2) is 0 Å². The second kappa shape index (κ2) is 6.24. The van der Waals surface area contributed by atoms with E-state index in [9.17, 15) is 4.79 Å². The lowest BCUT2D eigenvalue weighted by Crippen LogP contribution is -2.16. The minimum absolute atomic E-state index is 0.0189. The van der Waals surface area contributed by atoms with Gasteiger partial charge in [0.2, 0.25) is 0 Å². The van der Waals surface area contributed by atoms with Crippen LogP contribution in [-0.4, -0.2) is 37.5 Å². The second-order valence-corrected chi connectivity index (χ2v) is 4.18. The zero-order valence-corrected chi connectivity index (χ0v) is 10.7. The van der Waals surface area contributed by atoms with Gasteiger partial charge < -0.3 is 19.3 Å². The molecule has 102 valence electrons. The monoisotopic (exact) mass is 264 g/mol. The van der Waals surface area contributed by atoms with Crippen molar-refractivity contribution in [2.45, 2.75) is 12.5 Å². The number of rotatable bonds is 5. The Bertz CT molecular complexity index is 475. The van der Waals surface area contributed by atoms with E-state index in [0.29, 0.717) is 30.3 Å². The molecule has 1 heterocycles. The molecule has 5 nitrogen and oxygen atoms in total. The first-order chi connectivity index (χ1) is 9.19. The van der Waals surface area contributed by atoms with Gasteiger partial charge >= 0.3 is 5.97 Å². The Balaban J connectivity index is 2.21. The number of benzene rings is 1. The minimum Gasteiger partial charge on any atom is -0.497 e. The number of hydrogen-bond donors (Lipinski definition) is 1. The van der Waals surface area contributed by atoms with Crippen LogP contribution in [0.5, 0.6) is 11.5 Å². The normalized spacial score (nSPS) is 18.7. The Morgan fingerprint density at radius 2 is 2.37 bits per heavy atom. The molecule has 19 heavy (non-hydrogen) atoms. The molecule has 0 spiro atoms. The standard InChI is InChI=1S/C14H16O5/c1-17-11-3-4-13(19-12-6-7-18-9-12)10(8-11)2-5-14(15)16/h2-5,8,12H,6-7,9H2,1H3,(H,15,16). The van der Waals surface area contributed by atoms with Crippen LogP contribution in [0.2, 0.25) is 0 Å². The van der Waals surface area contributed by atoms with E-state index in [1.807, 2.05) is 0 Å². The van der Waals surface area contributed by atoms with Crippen LogP contribution in [0.4, 0.5) is 0 Å². The van der Waals surface area contributed by atoms with Gasteiger partial charge in [0.25, 0.3) is 0 Å². The van der Waals surface area contributed by atoms with Crippen LogP contribution in [0.3, 0.4) is 0 Å². The van der Waals surface area contributed by atoms with Crippen LogP contribution < -0.4 is 9.47 Å². The van der Waals surface area contributed by atoms with Crippen molar-refractivity contribution < 1.29 is 24.1 Å². The average molecular weight is 264 g/mol. The lowest BCUT2D eigenvalue weighted by molar-refractivity contribution is -0.131. The quantitative estimate of drug-likeness (QED) is 0.823. The van der Waals surface area contributed by atoms with Crippen LogP contribution in [0.15, 0.2) is 24.3 Å². The number of hydrogen-bond acceptors (Lipinski definition) is 4. The van der Waals surface area contributed by atoms with Crippen molar-refractivity contribution in [2.24, 2.45) is 0 Å². The molecule has 0 amide bonds. The van der Waals surface area contributed by atoms with E-state index in [2.05, 4.69) is 0 Å². The molecule has 1 aliphatic heterocycles. The van der Waals surface area contributed by atoms with E-state index in [1.54, 1.807) is 25.3 Å². The second-order valence-electron chi connectivity index (χ2n) is 4.18. The van der Waals surface area contributed by atoms with Crippen molar-refractivity contribution in [3.05, 3.63) is 29.8 Å². The average Bonchev–Trinajstić information content (AvgIpc) is 2.90. The largest absolute Gasteiger partial charge is 0.497 e. The van der Waals surface area contributed by atoms with Crippen LogP contribution in [-0.2, 0) is 9.53 Å². The maximum absolute atomic E-state index is 10.6. The fourth-order valence-corrected chi connectivity index (χ4v) is 1.84. The Morgan fingerprint density at radius 1 is 1.53 bits per heavy atom. The molecule has 0 saturated carbocycles. The third-order valence-corrected chi connectivity index (χ3v) is 2.80. The number of methoxy groups -OCH3 is 1. The van der Waals surface area contributed by atoms with Gasteiger partial charge in [0.05, 0.1) is 20.3 Å². The zero-order chi connectivity index (χ0) is 13.7. The highest BCUT2D eigenvalue weighted by Gasteiger charge is 2.18. The molecule has 0 aromatic heterocycles. The fourth-order valence-electron chi connectivity index (χ4n) is 1.84. The summed E-state index contributed by atoms with van der Waals surface area (Å²) in [7, 11) is 1.56. The van der Waals surface area contributed by atoms with Gasteiger partial charge in [0, 0.05) is 18.1 Å². The maximum Gasteiger partial charge on any atom is 0.328 e. The molecule has 1 N–H and O–H groups in total. The van der Waals surface area contributed by atoms with Crippen molar-refractivity contribution in [2.75, 3.05) is 20.3 Å². The van der Waals surface area contributed by atoms with Crippen molar-refractivity contribution in [3.8, 4) is 11.5 Å². The summed E-state index contributed by atoms with van der Waals surface area (Å²) in [5.41, 5.74) is 0.675. The minimum atomic E-state index is -1.00. The number of carboxylic acids is 1. The number of carbonyl (C=O) groups is 1. The van der Waals surface area contributed by atoms with E-state index in [0.717, 1.165) is 12.5 Å². The van der Waals surface area contributed by atoms with Crippen molar-refractivity contribution in [1.29, 1.82) is 0 Å². The van der Waals surface area contributed by atoms with E-state index < -0.39 is 5.97 Å². The van der Waals surface area contributed by atoms with Crippen LogP contribution in [0, 0.1) is 0 Å². The molecule has 1 atom stereocenters. The Kier molecular flexibility index (Phi) is 4.41. The third-order valence-electron chi connectivity index (χ3n) is 2.80. The molecule has 5 heteroatoms. The molecule has 0 aliphatic carbocycles. The van der Waals surface area contributed by atoms with E-state index in [4.69, 9.17) is 19.3 Å². The third kappa shape index (κ3) is 3.72. The lowest BCUT2D eigenvalue weighted by Gasteiger charge is -2.14. The summed E-state index contributed by atoms with van der Waals surface area (Å²) in [6.45, 7) is 1.26. The maximum atomic E-state index is 10.6. The molecule has 1 aromatic carbocycles. The molecular weight excluding hydrogens is 248 g/mol. The first-order valence-electron chi connectivity index (χ1n) is 6.02. The fraction of sp³-hybridized carbons (Fsp3) is 0.357. The molecule has 1 aliphatic rings. The first kappa shape index (κ1) is 13.4. The summed E-state index contributed by atoms with van der Waals surface area (Å²) >= 11 is 0. The lowest BCUT2D eigenvalue weighted by atomic mass is 10.1. The number of aliphatic carboxylic acids is 1. The zero-order valence-electron chi connectivity index (χ0n) is 10.7. The van der Waals surface area contributed by atoms with Crippen LogP contribution in [0.1, 0.15) is 12.0 Å². The van der Waals surface area contributed by atoms with E-state index >= 15 is 0 Å². The summed E-state index contributed by atoms with van der Waals surface area (Å²) in [5.74, 6) is 0.284. The highest BCUT2D eigenvalue weighted by atomic mass is 16.5. The topological polar surface area (TPSA) is 65.0 Å². The Labute approximate surface area is 111 Å². The molecule has 1 unspecified atom stereocenters. The molecule has 2 rings (SSSR count). The predicted octanol–water partition coefficient (Wildman–Crippen LogP) is 1.96. The van der Waals surface area contributed by atoms with Gasteiger partial charge in [-0.25, -0.2) is 4.79 Å². The van der Waals surface area contributed by atoms with Crippen LogP contribution in [0.25, 0.3) is 6.08 Å². The van der Waals surface area contributed by atoms with E-state index in [-0.39, 0.29) is 6.10 Å². The first-order valence-corrected chi connectivity index (χ1v) is 6.02. The summed E-state index contributed by atoms with van der Waals surface area (Å²) in [5, 5.41) is 8.70. The van der Waals surface area contributed by atoms with Gasteiger partial charge in [-0.05, 0) is 24.3 Å². The number of ether oxygens (including phenoxy) is 3. The summed E-state index contributed by atoms with van der Waals surface area (Å²) < 4.78 is 16.2. The SMILES string of the molecule is COc1ccc(OC2CCOC2)c(C=CC(=O)O)c1. The van der Waals surface area contributed by atoms with Crippen molar-refractivity contribution in [3.63, 3.8) is 0 Å². The van der Waals surface area contributed by atoms with Gasteiger partial charge in [-0.1, -0.05) is 0 Å². The van der Waals surface area contributed by atoms with Crippen LogP contribution >= 0.6 is 0 Å². The highest BCUT2D eigenvalue weighted by molar-refractivity contribution is 5.86. The summed E-state index contributed by atoms with van der Waals surface area (Å²) in [4.78, 5) is 10.6. The van der Waals surface area contributed by atoms with E-state index in [1.165, 1.54) is 6.08 Å². The Hall–Kier alpha value is -2.01. The summed E-state index contributed by atoms with van der Waals surface area (Å²) in [6.07, 6.45) is 3.43. The highest BCUT2D eigenvalue weighted by Crippen LogP contribution is 2.27. The molecule has 1 saturated heterocycles. The van der Waals surface area contributed by atoms with Crippen molar-refractivity contribution >= 4 is 12.0 Å². The molecule has 0 radical (unpaired) electrons. The Morgan fingerprint density at radius 3 is 3.00 bits per heavy atom. The molecule has 1 fully saturated rings. The van der Waals surface area contributed by atoms with Crippen molar-refractivity contribution in [1.82, 2.24) is 0 Å². The predicted molar refractivity (Wildman–Crippen MR) is 69.5 cm³/mol. The smallest absolute Gasteiger partial charge is 0.328 e. The summed E-state index contributed by atoms with van der Waals surface area (Å²) in [6, 6.07) is 5.30. The van der Waals surface area contributed by atoms with Gasteiger partial charge in [-0.15, -0.1) is 0 Å². The molecule has 1 aromatic rings. The molecular formula is C14H16O5. The van der Waals surface area contributed by atoms with Gasteiger partial charge in [-0.2, -0.15) is 0 Å². The van der Waals surface area contributed by atoms with Gasteiger partial charge in [-0.3, -0.25) is 0 Å². The number of carboxylic acid groups (broad SMARTS) is 1. The molecule has 0 bridgehead atoms. The van der Waals surface area contributed by atoms with Gasteiger partial charge in [0.1, 0.15) is 17.6 Å².